The fraction of sp³-hybridized carbons (Fsp3) is 0.250. The summed E-state index contributed by atoms with van der Waals surface area (Å²) >= 11 is 0. The molecule has 0 saturated heterocycles. The molecule has 1 heterocycles. The zero-order valence-corrected chi connectivity index (χ0v) is 11.5. The van der Waals surface area contributed by atoms with Crippen molar-refractivity contribution in [3.63, 3.8) is 0 Å². The summed E-state index contributed by atoms with van der Waals surface area (Å²) in [6, 6.07) is 9.67. The van der Waals surface area contributed by atoms with E-state index in [2.05, 4.69) is 10.3 Å². The molecule has 98 valence electrons. The largest absolute Gasteiger partial charge is 0.363 e. The number of carbonyl (C=O) groups is 1. The quantitative estimate of drug-likeness (QED) is 0.851. The number of rotatable bonds is 4. The third kappa shape index (κ3) is 3.19. The summed E-state index contributed by atoms with van der Waals surface area (Å²) < 4.78 is 0. The van der Waals surface area contributed by atoms with Crippen molar-refractivity contribution in [3.8, 4) is 0 Å². The minimum absolute atomic E-state index is 0.0978. The maximum Gasteiger partial charge on any atom is 0.182 e. The average Bonchev–Trinajstić information content (AvgIpc) is 2.36. The van der Waals surface area contributed by atoms with E-state index in [1.807, 2.05) is 51.1 Å². The number of carbonyl (C=O) groups excluding carboxylic acids is 1. The van der Waals surface area contributed by atoms with Gasteiger partial charge in [-0.05, 0) is 44.0 Å². The van der Waals surface area contributed by atoms with Crippen LogP contribution >= 0.6 is 0 Å². The third-order valence-electron chi connectivity index (χ3n) is 3.05. The van der Waals surface area contributed by atoms with Crippen LogP contribution in [-0.4, -0.2) is 17.3 Å². The van der Waals surface area contributed by atoms with Gasteiger partial charge in [0.05, 0.1) is 6.54 Å². The molecule has 1 aromatic heterocycles. The summed E-state index contributed by atoms with van der Waals surface area (Å²) in [5.41, 5.74) is 4.06. The molecule has 2 aromatic rings. The summed E-state index contributed by atoms with van der Waals surface area (Å²) in [6.45, 7) is 6.27. The number of anilines is 1. The lowest BCUT2D eigenvalue weighted by Gasteiger charge is -2.11. The number of pyridine rings is 1. The first-order valence-electron chi connectivity index (χ1n) is 6.34. The highest BCUT2D eigenvalue weighted by atomic mass is 16.1. The number of nitrogens with one attached hydrogen (secondary N) is 1. The van der Waals surface area contributed by atoms with Crippen molar-refractivity contribution >= 4 is 11.6 Å². The van der Waals surface area contributed by atoms with Gasteiger partial charge in [0.15, 0.2) is 5.78 Å². The molecular formula is C16H18N2O. The van der Waals surface area contributed by atoms with E-state index in [0.717, 1.165) is 22.5 Å². The highest BCUT2D eigenvalue weighted by Gasteiger charge is 2.12. The van der Waals surface area contributed by atoms with E-state index in [4.69, 9.17) is 0 Å². The van der Waals surface area contributed by atoms with E-state index in [1.54, 1.807) is 6.20 Å². The third-order valence-corrected chi connectivity index (χ3v) is 3.05. The van der Waals surface area contributed by atoms with Crippen molar-refractivity contribution in [2.45, 2.75) is 20.8 Å². The van der Waals surface area contributed by atoms with Gasteiger partial charge < -0.3 is 5.32 Å². The number of ketones is 1. The molecule has 3 nitrogen and oxygen atoms in total. The molecule has 1 aromatic carbocycles. The van der Waals surface area contributed by atoms with Crippen LogP contribution in [0, 0.1) is 20.8 Å². The van der Waals surface area contributed by atoms with Gasteiger partial charge in [-0.3, -0.25) is 4.79 Å². The molecule has 0 aliphatic heterocycles. The Kier molecular flexibility index (Phi) is 3.95. The second-order valence-corrected chi connectivity index (χ2v) is 4.77. The number of nitrogens with zero attached hydrogens (tertiary/aromatic N) is 1. The lowest BCUT2D eigenvalue weighted by molar-refractivity contribution is 0.100. The Hall–Kier alpha value is -2.16. The van der Waals surface area contributed by atoms with Gasteiger partial charge in [0, 0.05) is 11.8 Å². The lowest BCUT2D eigenvalue weighted by atomic mass is 9.96. The Labute approximate surface area is 113 Å². The highest BCUT2D eigenvalue weighted by Crippen LogP contribution is 2.17. The van der Waals surface area contributed by atoms with E-state index in [-0.39, 0.29) is 12.3 Å². The van der Waals surface area contributed by atoms with E-state index < -0.39 is 0 Å². The molecule has 0 bridgehead atoms. The fourth-order valence-electron chi connectivity index (χ4n) is 2.35. The SMILES string of the molecule is Cc1cc(C)c(C(=O)CNc2ccccn2)c(C)c1. The van der Waals surface area contributed by atoms with Crippen LogP contribution < -0.4 is 5.32 Å². The van der Waals surface area contributed by atoms with Crippen LogP contribution in [-0.2, 0) is 0 Å². The van der Waals surface area contributed by atoms with E-state index >= 15 is 0 Å². The minimum Gasteiger partial charge on any atom is -0.363 e. The van der Waals surface area contributed by atoms with Crippen molar-refractivity contribution in [2.24, 2.45) is 0 Å². The summed E-state index contributed by atoms with van der Waals surface area (Å²) in [5.74, 6) is 0.818. The van der Waals surface area contributed by atoms with E-state index in [9.17, 15) is 4.79 Å². The second-order valence-electron chi connectivity index (χ2n) is 4.77. The van der Waals surface area contributed by atoms with E-state index in [0.29, 0.717) is 0 Å². The minimum atomic E-state index is 0.0978. The molecule has 19 heavy (non-hydrogen) atoms. The zero-order chi connectivity index (χ0) is 13.8. The highest BCUT2D eigenvalue weighted by molar-refractivity contribution is 6.01. The Morgan fingerprint density at radius 1 is 1.16 bits per heavy atom. The van der Waals surface area contributed by atoms with Crippen LogP contribution in [0.15, 0.2) is 36.5 Å². The average molecular weight is 254 g/mol. The molecule has 0 aliphatic rings. The van der Waals surface area contributed by atoms with Crippen LogP contribution in [0.25, 0.3) is 0 Å². The molecule has 0 radical (unpaired) electrons. The molecule has 1 N–H and O–H groups in total. The van der Waals surface area contributed by atoms with Crippen LogP contribution in [0.1, 0.15) is 27.0 Å². The van der Waals surface area contributed by atoms with Crippen LogP contribution in [0.5, 0.6) is 0 Å². The van der Waals surface area contributed by atoms with Gasteiger partial charge in [0.25, 0.3) is 0 Å². The molecule has 0 aliphatic carbocycles. The van der Waals surface area contributed by atoms with Crippen molar-refractivity contribution in [2.75, 3.05) is 11.9 Å². The number of benzene rings is 1. The standard InChI is InChI=1S/C16H18N2O/c1-11-8-12(2)16(13(3)9-11)14(19)10-18-15-6-4-5-7-17-15/h4-9H,10H2,1-3H3,(H,17,18). The molecule has 0 atom stereocenters. The number of hydrogen-bond donors (Lipinski definition) is 1. The Morgan fingerprint density at radius 2 is 1.84 bits per heavy atom. The molecular weight excluding hydrogens is 236 g/mol. The van der Waals surface area contributed by atoms with Crippen molar-refractivity contribution < 1.29 is 4.79 Å². The van der Waals surface area contributed by atoms with Gasteiger partial charge in [0.1, 0.15) is 5.82 Å². The lowest BCUT2D eigenvalue weighted by Crippen LogP contribution is -2.17. The summed E-state index contributed by atoms with van der Waals surface area (Å²) in [5, 5.41) is 3.05. The second kappa shape index (κ2) is 5.65. The van der Waals surface area contributed by atoms with Crippen molar-refractivity contribution in [1.29, 1.82) is 0 Å². The molecule has 0 amide bonds. The monoisotopic (exact) mass is 254 g/mol. The number of aromatic nitrogens is 1. The van der Waals surface area contributed by atoms with Gasteiger partial charge in [-0.15, -0.1) is 0 Å². The van der Waals surface area contributed by atoms with Gasteiger partial charge >= 0.3 is 0 Å². The maximum atomic E-state index is 12.3. The molecule has 0 fully saturated rings. The van der Waals surface area contributed by atoms with Gasteiger partial charge in [-0.25, -0.2) is 4.98 Å². The van der Waals surface area contributed by atoms with Crippen LogP contribution in [0.4, 0.5) is 5.82 Å². The summed E-state index contributed by atoms with van der Waals surface area (Å²) in [6.07, 6.45) is 1.70. The Morgan fingerprint density at radius 3 is 2.42 bits per heavy atom. The number of Topliss-reactive ketones (excluding diaryl/α,β-unsaturated/α-hetero) is 1. The van der Waals surface area contributed by atoms with Gasteiger partial charge in [-0.2, -0.15) is 0 Å². The predicted octanol–water partition coefficient (Wildman–Crippen LogP) is 3.30. The Balaban J connectivity index is 2.13. The summed E-state index contributed by atoms with van der Waals surface area (Å²) in [7, 11) is 0. The normalized spacial score (nSPS) is 10.3. The molecule has 2 rings (SSSR count). The predicted molar refractivity (Wildman–Crippen MR) is 77.7 cm³/mol. The van der Waals surface area contributed by atoms with Crippen molar-refractivity contribution in [1.82, 2.24) is 4.98 Å². The fourth-order valence-corrected chi connectivity index (χ4v) is 2.35. The van der Waals surface area contributed by atoms with Gasteiger partial charge in [0.2, 0.25) is 0 Å². The zero-order valence-electron chi connectivity index (χ0n) is 11.5. The topological polar surface area (TPSA) is 42.0 Å². The van der Waals surface area contributed by atoms with Crippen molar-refractivity contribution in [3.05, 3.63) is 58.8 Å². The number of hydrogen-bond acceptors (Lipinski definition) is 3. The van der Waals surface area contributed by atoms with Gasteiger partial charge in [-0.1, -0.05) is 23.8 Å². The smallest absolute Gasteiger partial charge is 0.182 e. The first kappa shape index (κ1) is 13.3. The van der Waals surface area contributed by atoms with Crippen LogP contribution in [0.3, 0.4) is 0 Å². The first-order valence-corrected chi connectivity index (χ1v) is 6.34. The first-order chi connectivity index (χ1) is 9.08. The molecule has 0 unspecified atom stereocenters. The molecule has 0 spiro atoms. The molecule has 3 heteroatoms. The maximum absolute atomic E-state index is 12.3. The Bertz CT molecular complexity index is 568. The van der Waals surface area contributed by atoms with E-state index in [1.165, 1.54) is 5.56 Å². The molecule has 0 saturated carbocycles. The number of aryl methyl sites for hydroxylation is 3. The summed E-state index contributed by atoms with van der Waals surface area (Å²) in [4.78, 5) is 16.4. The van der Waals surface area contributed by atoms with Crippen LogP contribution in [0.2, 0.25) is 0 Å².